The van der Waals surface area contributed by atoms with Gasteiger partial charge in [0, 0.05) is 36.3 Å². The minimum Gasteiger partial charge on any atom is -0.453 e. The molecule has 0 unspecified atom stereocenters. The fraction of sp³-hybridized carbons (Fsp3) is 0.200. The summed E-state index contributed by atoms with van der Waals surface area (Å²) in [6.45, 7) is 0. The van der Waals surface area contributed by atoms with Crippen molar-refractivity contribution in [3.05, 3.63) is 98.6 Å². The average molecular weight is 538 g/mol. The van der Waals surface area contributed by atoms with Crippen LogP contribution >= 0.6 is 22.7 Å². The Bertz CT molecular complexity index is 1340. The maximum atomic E-state index is 13.4. The van der Waals surface area contributed by atoms with Crippen LogP contribution in [0, 0.1) is 10.1 Å². The lowest BCUT2D eigenvalue weighted by atomic mass is 10.0. The third-order valence-electron chi connectivity index (χ3n) is 5.50. The number of benzene rings is 1. The molecule has 0 aliphatic heterocycles. The number of carbonyl (C=O) groups excluding carboxylic acids is 2. The van der Waals surface area contributed by atoms with E-state index >= 15 is 0 Å². The third-order valence-corrected chi connectivity index (χ3v) is 7.40. The van der Waals surface area contributed by atoms with Crippen molar-refractivity contribution in [1.82, 2.24) is 20.6 Å². The molecular formula is C25H23N5O5S2. The van der Waals surface area contributed by atoms with E-state index in [1.54, 1.807) is 48.0 Å². The highest BCUT2D eigenvalue weighted by Crippen LogP contribution is 2.31. The normalized spacial score (nSPS) is 12.4. The summed E-state index contributed by atoms with van der Waals surface area (Å²) in [5.74, 6) is -0.417. The second-order valence-corrected chi connectivity index (χ2v) is 9.80. The van der Waals surface area contributed by atoms with Crippen molar-refractivity contribution in [3.63, 3.8) is 0 Å². The van der Waals surface area contributed by atoms with E-state index < -0.39 is 29.0 Å². The maximum absolute atomic E-state index is 13.4. The Kier molecular flexibility index (Phi) is 8.54. The first-order valence-corrected chi connectivity index (χ1v) is 12.9. The number of ether oxygens (including phenoxy) is 1. The minimum absolute atomic E-state index is 0.0160. The molecule has 0 saturated carbocycles. The van der Waals surface area contributed by atoms with E-state index in [1.165, 1.54) is 30.6 Å². The number of hydrogen-bond acceptors (Lipinski definition) is 9. The van der Waals surface area contributed by atoms with Crippen molar-refractivity contribution in [2.75, 3.05) is 7.11 Å². The number of alkyl carbamates (subject to hydrolysis) is 1. The van der Waals surface area contributed by atoms with E-state index in [1.807, 2.05) is 22.9 Å². The van der Waals surface area contributed by atoms with Gasteiger partial charge in [-0.05, 0) is 41.1 Å². The summed E-state index contributed by atoms with van der Waals surface area (Å²) in [6, 6.07) is 12.2. The molecule has 0 spiro atoms. The van der Waals surface area contributed by atoms with Crippen LogP contribution in [0.4, 0.5) is 10.5 Å². The molecular weight excluding hydrogens is 514 g/mol. The van der Waals surface area contributed by atoms with E-state index in [4.69, 9.17) is 9.72 Å². The third kappa shape index (κ3) is 6.96. The van der Waals surface area contributed by atoms with Crippen LogP contribution in [-0.2, 0) is 22.4 Å². The summed E-state index contributed by atoms with van der Waals surface area (Å²) in [6.07, 6.45) is 3.07. The van der Waals surface area contributed by atoms with Crippen LogP contribution in [0.3, 0.4) is 0 Å². The van der Waals surface area contributed by atoms with Crippen LogP contribution < -0.4 is 10.6 Å². The lowest BCUT2D eigenvalue weighted by molar-refractivity contribution is -0.384. The molecule has 190 valence electrons. The number of nitrogens with one attached hydrogen (secondary N) is 2. The molecule has 10 nitrogen and oxygen atoms in total. The summed E-state index contributed by atoms with van der Waals surface area (Å²) in [7, 11) is 1.23. The Labute approximate surface area is 220 Å². The Balaban J connectivity index is 1.60. The van der Waals surface area contributed by atoms with Gasteiger partial charge in [-0.1, -0.05) is 18.2 Å². The van der Waals surface area contributed by atoms with Crippen molar-refractivity contribution < 1.29 is 19.2 Å². The number of amides is 2. The molecule has 37 heavy (non-hydrogen) atoms. The van der Waals surface area contributed by atoms with Gasteiger partial charge in [0.2, 0.25) is 5.91 Å². The topological polar surface area (TPSA) is 136 Å². The van der Waals surface area contributed by atoms with Gasteiger partial charge < -0.3 is 15.4 Å². The number of carbonyl (C=O) groups is 2. The number of methoxy groups -OCH3 is 1. The summed E-state index contributed by atoms with van der Waals surface area (Å²) >= 11 is 3.04. The van der Waals surface area contributed by atoms with Crippen molar-refractivity contribution in [2.24, 2.45) is 0 Å². The molecule has 4 aromatic rings. The van der Waals surface area contributed by atoms with Crippen molar-refractivity contribution >= 4 is 40.4 Å². The molecule has 4 rings (SSSR count). The van der Waals surface area contributed by atoms with Gasteiger partial charge in [-0.3, -0.25) is 19.9 Å². The number of nitrogens with zero attached hydrogens (tertiary/aromatic N) is 3. The monoisotopic (exact) mass is 537 g/mol. The molecule has 3 heterocycles. The number of rotatable bonds is 10. The average Bonchev–Trinajstić information content (AvgIpc) is 3.61. The van der Waals surface area contributed by atoms with Crippen LogP contribution in [0.1, 0.15) is 22.9 Å². The number of nitro groups is 1. The van der Waals surface area contributed by atoms with Crippen LogP contribution in [0.25, 0.3) is 9.88 Å². The standard InChI is InChI=1S/C25H23N5O5S2/c1-35-25(32)29-20(14-17-8-10-26-11-9-17)23(31)27-19(13-16-4-6-18(7-5-16)30(33)34)21-15-37-24(28-21)22-3-2-12-36-22/h2-12,15,19-20H,13-14H2,1H3,(H,27,31)(H,29,32)/t19-,20-/m0/s1. The van der Waals surface area contributed by atoms with Crippen molar-refractivity contribution in [1.29, 1.82) is 0 Å². The fourth-order valence-electron chi connectivity index (χ4n) is 3.62. The first kappa shape index (κ1) is 25.9. The molecule has 0 radical (unpaired) electrons. The molecule has 0 saturated heterocycles. The highest BCUT2D eigenvalue weighted by Gasteiger charge is 2.26. The second kappa shape index (κ2) is 12.2. The molecule has 3 aromatic heterocycles. The maximum Gasteiger partial charge on any atom is 0.407 e. The SMILES string of the molecule is COC(=O)N[C@@H](Cc1ccncc1)C(=O)N[C@@H](Cc1ccc([N+](=O)[O-])cc1)c1csc(-c2cccs2)n1. The zero-order chi connectivity index (χ0) is 26.2. The molecule has 12 heteroatoms. The van der Waals surface area contributed by atoms with E-state index in [9.17, 15) is 19.7 Å². The molecule has 2 amide bonds. The van der Waals surface area contributed by atoms with Gasteiger partial charge >= 0.3 is 6.09 Å². The van der Waals surface area contributed by atoms with Crippen LogP contribution in [-0.4, -0.2) is 40.0 Å². The lowest BCUT2D eigenvalue weighted by Crippen LogP contribution is -2.49. The Morgan fingerprint density at radius 2 is 1.76 bits per heavy atom. The number of aromatic nitrogens is 2. The number of hydrogen-bond donors (Lipinski definition) is 2. The molecule has 0 aliphatic carbocycles. The predicted molar refractivity (Wildman–Crippen MR) is 140 cm³/mol. The second-order valence-electron chi connectivity index (χ2n) is 7.99. The van der Waals surface area contributed by atoms with Gasteiger partial charge in [0.25, 0.3) is 5.69 Å². The molecule has 1 aromatic carbocycles. The van der Waals surface area contributed by atoms with Crippen molar-refractivity contribution in [3.8, 4) is 9.88 Å². The lowest BCUT2D eigenvalue weighted by Gasteiger charge is -2.22. The fourth-order valence-corrected chi connectivity index (χ4v) is 5.30. The summed E-state index contributed by atoms with van der Waals surface area (Å²) in [4.78, 5) is 45.8. The van der Waals surface area contributed by atoms with Crippen LogP contribution in [0.2, 0.25) is 0 Å². The summed E-state index contributed by atoms with van der Waals surface area (Å²) < 4.78 is 4.72. The Hall–Kier alpha value is -4.16. The van der Waals surface area contributed by atoms with E-state index in [2.05, 4.69) is 15.6 Å². The molecule has 0 aliphatic rings. The molecule has 2 atom stereocenters. The predicted octanol–water partition coefficient (Wildman–Crippen LogP) is 4.54. The molecule has 0 fully saturated rings. The van der Waals surface area contributed by atoms with Crippen LogP contribution in [0.5, 0.6) is 0 Å². The van der Waals surface area contributed by atoms with Gasteiger partial charge in [0.05, 0.1) is 28.6 Å². The Morgan fingerprint density at radius 3 is 2.41 bits per heavy atom. The number of nitro benzene ring substituents is 1. The largest absolute Gasteiger partial charge is 0.453 e. The van der Waals surface area contributed by atoms with Crippen molar-refractivity contribution in [2.45, 2.75) is 24.9 Å². The molecule has 2 N–H and O–H groups in total. The minimum atomic E-state index is -0.912. The first-order chi connectivity index (χ1) is 17.9. The van der Waals surface area contributed by atoms with E-state index in [0.717, 1.165) is 21.0 Å². The van der Waals surface area contributed by atoms with E-state index in [-0.39, 0.29) is 12.1 Å². The molecule has 0 bridgehead atoms. The highest BCUT2D eigenvalue weighted by atomic mass is 32.1. The number of non-ortho nitro benzene ring substituents is 1. The number of thiophene rings is 1. The van der Waals surface area contributed by atoms with Crippen LogP contribution in [0.15, 0.2) is 71.7 Å². The van der Waals surface area contributed by atoms with E-state index in [0.29, 0.717) is 12.1 Å². The van der Waals surface area contributed by atoms with Gasteiger partial charge in [0.15, 0.2) is 0 Å². The zero-order valence-corrected chi connectivity index (χ0v) is 21.3. The summed E-state index contributed by atoms with van der Waals surface area (Å²) in [5.41, 5.74) is 2.23. The number of pyridine rings is 1. The smallest absolute Gasteiger partial charge is 0.407 e. The van der Waals surface area contributed by atoms with Gasteiger partial charge in [-0.2, -0.15) is 0 Å². The quantitative estimate of drug-likeness (QED) is 0.224. The van der Waals surface area contributed by atoms with Gasteiger partial charge in [-0.15, -0.1) is 22.7 Å². The highest BCUT2D eigenvalue weighted by molar-refractivity contribution is 7.20. The Morgan fingerprint density at radius 1 is 1.03 bits per heavy atom. The van der Waals surface area contributed by atoms with Gasteiger partial charge in [0.1, 0.15) is 11.0 Å². The summed E-state index contributed by atoms with van der Waals surface area (Å²) in [5, 5.41) is 21.3. The van der Waals surface area contributed by atoms with Gasteiger partial charge in [-0.25, -0.2) is 9.78 Å². The number of thiazole rings is 1. The zero-order valence-electron chi connectivity index (χ0n) is 19.7. The first-order valence-electron chi connectivity index (χ1n) is 11.2.